The van der Waals surface area contributed by atoms with Gasteiger partial charge in [-0.25, -0.2) is 0 Å². The minimum absolute atomic E-state index is 0.642. The van der Waals surface area contributed by atoms with Gasteiger partial charge in [0.1, 0.15) is 0 Å². The number of nitrogens with two attached hydrogens (primary N) is 1. The van der Waals surface area contributed by atoms with E-state index in [1.807, 2.05) is 6.07 Å². The lowest BCUT2D eigenvalue weighted by Gasteiger charge is -2.21. The van der Waals surface area contributed by atoms with E-state index in [4.69, 9.17) is 17.3 Å². The summed E-state index contributed by atoms with van der Waals surface area (Å²) in [5, 5.41) is 0.812. The summed E-state index contributed by atoms with van der Waals surface area (Å²) in [5.74, 6) is 0.642. The van der Waals surface area contributed by atoms with Crippen molar-refractivity contribution >= 4 is 17.3 Å². The molecule has 1 aliphatic heterocycles. The van der Waals surface area contributed by atoms with Gasteiger partial charge in [0.25, 0.3) is 0 Å². The second kappa shape index (κ2) is 4.42. The molecule has 1 aromatic rings. The summed E-state index contributed by atoms with van der Waals surface area (Å²) in [6.07, 6.45) is 1.20. The van der Waals surface area contributed by atoms with Crippen molar-refractivity contribution in [3.05, 3.63) is 28.8 Å². The monoisotopic (exact) mass is 224 g/mol. The summed E-state index contributed by atoms with van der Waals surface area (Å²) in [5.41, 5.74) is 8.24. The van der Waals surface area contributed by atoms with Crippen LogP contribution in [0.3, 0.4) is 0 Å². The molecule has 1 heterocycles. The summed E-state index contributed by atoms with van der Waals surface area (Å²) in [7, 11) is 0. The Hall–Kier alpha value is -0.730. The van der Waals surface area contributed by atoms with E-state index in [0.717, 1.165) is 24.7 Å². The minimum Gasteiger partial charge on any atom is -0.371 e. The summed E-state index contributed by atoms with van der Waals surface area (Å²) in [6.45, 7) is 5.08. The third kappa shape index (κ3) is 2.27. The van der Waals surface area contributed by atoms with Gasteiger partial charge < -0.3 is 10.6 Å². The van der Waals surface area contributed by atoms with E-state index in [-0.39, 0.29) is 0 Å². The van der Waals surface area contributed by atoms with E-state index in [0.29, 0.717) is 5.92 Å². The zero-order valence-corrected chi connectivity index (χ0v) is 9.80. The first kappa shape index (κ1) is 10.8. The molecule has 0 radical (unpaired) electrons. The zero-order valence-electron chi connectivity index (χ0n) is 9.04. The topological polar surface area (TPSA) is 29.3 Å². The quantitative estimate of drug-likeness (QED) is 0.836. The van der Waals surface area contributed by atoms with Gasteiger partial charge in [-0.05, 0) is 43.5 Å². The van der Waals surface area contributed by atoms with Crippen molar-refractivity contribution in [2.75, 3.05) is 24.5 Å². The van der Waals surface area contributed by atoms with E-state index >= 15 is 0 Å². The van der Waals surface area contributed by atoms with Crippen LogP contribution in [0.25, 0.3) is 0 Å². The molecule has 2 nitrogen and oxygen atoms in total. The molecule has 1 saturated heterocycles. The highest BCUT2D eigenvalue weighted by molar-refractivity contribution is 6.30. The zero-order chi connectivity index (χ0) is 10.8. The SMILES string of the molecule is Cc1ccc(Cl)cc1N1CC[C@@H](CN)C1. The van der Waals surface area contributed by atoms with Crippen LogP contribution in [0.5, 0.6) is 0 Å². The van der Waals surface area contributed by atoms with Crippen LogP contribution in [0.2, 0.25) is 5.02 Å². The predicted octanol–water partition coefficient (Wildman–Crippen LogP) is 2.43. The normalized spacial score (nSPS) is 21.0. The molecular weight excluding hydrogens is 208 g/mol. The Kier molecular flexibility index (Phi) is 3.17. The number of hydrogen-bond acceptors (Lipinski definition) is 2. The third-order valence-electron chi connectivity index (χ3n) is 3.13. The van der Waals surface area contributed by atoms with Crippen LogP contribution in [0, 0.1) is 12.8 Å². The van der Waals surface area contributed by atoms with Gasteiger partial charge in [0, 0.05) is 23.8 Å². The van der Waals surface area contributed by atoms with E-state index in [1.165, 1.54) is 17.7 Å². The molecular formula is C12H17ClN2. The summed E-state index contributed by atoms with van der Waals surface area (Å²) in [4.78, 5) is 2.39. The van der Waals surface area contributed by atoms with Crippen LogP contribution < -0.4 is 10.6 Å². The van der Waals surface area contributed by atoms with Crippen molar-refractivity contribution < 1.29 is 0 Å². The maximum atomic E-state index is 6.01. The van der Waals surface area contributed by atoms with Gasteiger partial charge in [-0.3, -0.25) is 0 Å². The molecule has 2 rings (SSSR count). The molecule has 2 N–H and O–H groups in total. The molecule has 3 heteroatoms. The molecule has 1 fully saturated rings. The molecule has 0 bridgehead atoms. The summed E-state index contributed by atoms with van der Waals surface area (Å²) in [6, 6.07) is 6.07. The second-order valence-corrected chi connectivity index (χ2v) is 4.70. The Morgan fingerprint density at radius 1 is 1.53 bits per heavy atom. The number of aryl methyl sites for hydroxylation is 1. The average Bonchev–Trinajstić information content (AvgIpc) is 2.70. The Labute approximate surface area is 96.0 Å². The fraction of sp³-hybridized carbons (Fsp3) is 0.500. The number of halogens is 1. The van der Waals surface area contributed by atoms with Gasteiger partial charge in [0.05, 0.1) is 0 Å². The van der Waals surface area contributed by atoms with Crippen LogP contribution in [0.4, 0.5) is 5.69 Å². The molecule has 1 aromatic carbocycles. The number of anilines is 1. The van der Waals surface area contributed by atoms with Gasteiger partial charge in [-0.1, -0.05) is 17.7 Å². The van der Waals surface area contributed by atoms with E-state index in [2.05, 4.69) is 24.0 Å². The smallest absolute Gasteiger partial charge is 0.0426 e. The Morgan fingerprint density at radius 3 is 3.00 bits per heavy atom. The number of rotatable bonds is 2. The molecule has 1 atom stereocenters. The molecule has 0 saturated carbocycles. The lowest BCUT2D eigenvalue weighted by molar-refractivity contribution is 0.602. The maximum absolute atomic E-state index is 6.01. The molecule has 15 heavy (non-hydrogen) atoms. The lowest BCUT2D eigenvalue weighted by Crippen LogP contribution is -2.23. The third-order valence-corrected chi connectivity index (χ3v) is 3.37. The fourth-order valence-electron chi connectivity index (χ4n) is 2.17. The van der Waals surface area contributed by atoms with Gasteiger partial charge in [0.2, 0.25) is 0 Å². The van der Waals surface area contributed by atoms with Crippen LogP contribution in [0.1, 0.15) is 12.0 Å². The Morgan fingerprint density at radius 2 is 2.33 bits per heavy atom. The molecule has 82 valence electrons. The van der Waals surface area contributed by atoms with Crippen LogP contribution >= 0.6 is 11.6 Å². The van der Waals surface area contributed by atoms with Crippen molar-refractivity contribution in [2.24, 2.45) is 11.7 Å². The van der Waals surface area contributed by atoms with Crippen molar-refractivity contribution in [1.29, 1.82) is 0 Å². The molecule has 0 aliphatic carbocycles. The lowest BCUT2D eigenvalue weighted by atomic mass is 10.1. The second-order valence-electron chi connectivity index (χ2n) is 4.27. The van der Waals surface area contributed by atoms with Gasteiger partial charge in [0.15, 0.2) is 0 Å². The molecule has 0 spiro atoms. The van der Waals surface area contributed by atoms with Crippen molar-refractivity contribution in [2.45, 2.75) is 13.3 Å². The van der Waals surface area contributed by atoms with Gasteiger partial charge >= 0.3 is 0 Å². The van der Waals surface area contributed by atoms with Crippen LogP contribution in [-0.2, 0) is 0 Å². The highest BCUT2D eigenvalue weighted by Crippen LogP contribution is 2.28. The van der Waals surface area contributed by atoms with Crippen molar-refractivity contribution in [3.8, 4) is 0 Å². The highest BCUT2D eigenvalue weighted by atomic mass is 35.5. The van der Waals surface area contributed by atoms with E-state index in [1.54, 1.807) is 0 Å². The number of benzene rings is 1. The molecule has 1 aliphatic rings. The first-order chi connectivity index (χ1) is 7.20. The van der Waals surface area contributed by atoms with Crippen LogP contribution in [-0.4, -0.2) is 19.6 Å². The van der Waals surface area contributed by atoms with Gasteiger partial charge in [-0.15, -0.1) is 0 Å². The standard InChI is InChI=1S/C12H17ClN2/c1-9-2-3-11(13)6-12(9)15-5-4-10(7-14)8-15/h2-3,6,10H,4-5,7-8,14H2,1H3/t10-/m0/s1. The number of hydrogen-bond donors (Lipinski definition) is 1. The predicted molar refractivity (Wildman–Crippen MR) is 65.6 cm³/mol. The average molecular weight is 225 g/mol. The number of nitrogens with zero attached hydrogens (tertiary/aromatic N) is 1. The maximum Gasteiger partial charge on any atom is 0.0426 e. The molecule has 0 unspecified atom stereocenters. The first-order valence-corrected chi connectivity index (χ1v) is 5.79. The Balaban J connectivity index is 2.19. The van der Waals surface area contributed by atoms with Gasteiger partial charge in [-0.2, -0.15) is 0 Å². The van der Waals surface area contributed by atoms with E-state index in [9.17, 15) is 0 Å². The molecule has 0 aromatic heterocycles. The van der Waals surface area contributed by atoms with Crippen LogP contribution in [0.15, 0.2) is 18.2 Å². The minimum atomic E-state index is 0.642. The first-order valence-electron chi connectivity index (χ1n) is 5.42. The fourth-order valence-corrected chi connectivity index (χ4v) is 2.33. The Bertz CT molecular complexity index is 351. The summed E-state index contributed by atoms with van der Waals surface area (Å²) >= 11 is 6.01. The summed E-state index contributed by atoms with van der Waals surface area (Å²) < 4.78 is 0. The highest BCUT2D eigenvalue weighted by Gasteiger charge is 2.22. The van der Waals surface area contributed by atoms with E-state index < -0.39 is 0 Å². The largest absolute Gasteiger partial charge is 0.371 e. The van der Waals surface area contributed by atoms with Crippen molar-refractivity contribution in [3.63, 3.8) is 0 Å². The van der Waals surface area contributed by atoms with Crippen molar-refractivity contribution in [1.82, 2.24) is 0 Å². The molecule has 0 amide bonds.